The Morgan fingerprint density at radius 2 is 0.983 bits per heavy atom. The van der Waals surface area contributed by atoms with Gasteiger partial charge in [0, 0.05) is 40.0 Å². The Hall–Kier alpha value is -7.67. The number of nitrogens with zero attached hydrogens (tertiary/aromatic N) is 4. The fraction of sp³-hybridized carbons (Fsp3) is 0.0377. The molecule has 0 bridgehead atoms. The zero-order valence-electron chi connectivity index (χ0n) is 32.1. The predicted molar refractivity (Wildman–Crippen MR) is 241 cm³/mol. The third-order valence-corrected chi connectivity index (χ3v) is 11.4. The molecule has 6 nitrogen and oxygen atoms in total. The fourth-order valence-corrected chi connectivity index (χ4v) is 8.44. The highest BCUT2D eigenvalue weighted by Gasteiger charge is 2.26. The maximum Gasteiger partial charge on any atom is 0.145 e. The summed E-state index contributed by atoms with van der Waals surface area (Å²) in [4.78, 5) is 15.0. The smallest absolute Gasteiger partial charge is 0.145 e. The molecule has 59 heavy (non-hydrogen) atoms. The normalized spacial score (nSPS) is 15.3. The molecular weight excluding hydrogens is 721 g/mol. The minimum absolute atomic E-state index is 0.147. The number of nitrogens with one attached hydrogen (secondary N) is 2. The molecule has 0 radical (unpaired) electrons. The summed E-state index contributed by atoms with van der Waals surface area (Å²) in [6, 6.07) is 68.3. The van der Waals surface area contributed by atoms with Gasteiger partial charge in [0.15, 0.2) is 0 Å². The van der Waals surface area contributed by atoms with Crippen molar-refractivity contribution in [2.24, 2.45) is 4.99 Å². The first-order chi connectivity index (χ1) is 29.2. The molecule has 2 unspecified atom stereocenters. The number of imidazole rings is 1. The number of pyridine rings is 1. The Balaban J connectivity index is 0.919. The maximum atomic E-state index is 5.38. The minimum Gasteiger partial charge on any atom is -0.350 e. The van der Waals surface area contributed by atoms with E-state index in [0.29, 0.717) is 0 Å². The summed E-state index contributed by atoms with van der Waals surface area (Å²) < 4.78 is 2.30. The van der Waals surface area contributed by atoms with E-state index in [-0.39, 0.29) is 12.3 Å². The third-order valence-electron chi connectivity index (χ3n) is 11.4. The lowest BCUT2D eigenvalue weighted by molar-refractivity contribution is 0.409. The van der Waals surface area contributed by atoms with Crippen molar-refractivity contribution < 1.29 is 0 Å². The molecule has 0 aliphatic carbocycles. The number of aromatic nitrogens is 3. The molecule has 1 aliphatic rings. The van der Waals surface area contributed by atoms with Gasteiger partial charge in [-0.25, -0.2) is 9.98 Å². The van der Waals surface area contributed by atoms with Crippen LogP contribution in [0.2, 0.25) is 0 Å². The number of aliphatic imine (C=N–C) groups is 1. The molecule has 2 N–H and O–H groups in total. The van der Waals surface area contributed by atoms with E-state index in [1.54, 1.807) is 0 Å². The van der Waals surface area contributed by atoms with Crippen molar-refractivity contribution in [3.05, 3.63) is 223 Å². The van der Waals surface area contributed by atoms with Gasteiger partial charge in [-0.05, 0) is 62.4 Å². The van der Waals surface area contributed by atoms with Crippen LogP contribution in [-0.2, 0) is 0 Å². The van der Waals surface area contributed by atoms with Crippen LogP contribution in [0.3, 0.4) is 0 Å². The molecule has 10 aromatic rings. The van der Waals surface area contributed by atoms with Crippen LogP contribution in [-0.4, -0.2) is 20.4 Å². The van der Waals surface area contributed by atoms with Gasteiger partial charge in [-0.2, -0.15) is 0 Å². The highest BCUT2D eigenvalue weighted by molar-refractivity contribution is 6.24. The molecule has 3 heterocycles. The van der Waals surface area contributed by atoms with E-state index in [0.717, 1.165) is 77.9 Å². The van der Waals surface area contributed by atoms with Crippen LogP contribution in [0.5, 0.6) is 0 Å². The standard InChI is InChI=1S/C53H38N6/c1-4-12-35(13-5-1)36-20-26-40(27-21-36)51-56-50(39-14-6-2-7-15-39)57-52(58-51)41-28-22-37(23-29-41)38-24-30-42(31-25-38)53-55-48-47-34-54-33-32-45(47)44-18-10-11-19-46(44)49(48)59(53)43-16-8-3-9-17-43/h1-34,50,52,57H,(H,56,58). The van der Waals surface area contributed by atoms with Gasteiger partial charge in [0.25, 0.3) is 0 Å². The monoisotopic (exact) mass is 758 g/mol. The molecule has 0 spiro atoms. The zero-order valence-corrected chi connectivity index (χ0v) is 32.1. The van der Waals surface area contributed by atoms with Gasteiger partial charge in [0.2, 0.25) is 0 Å². The SMILES string of the molecule is c1ccc(-c2ccc(C3=NC(c4ccccc4)NC(c4ccc(-c5ccc(-c6nc7c8cnccc8c8ccccc8c7n6-c6ccccc6)cc5)cc4)N3)cc2)cc1. The zero-order chi connectivity index (χ0) is 39.1. The van der Waals surface area contributed by atoms with Gasteiger partial charge in [-0.1, -0.05) is 176 Å². The molecule has 0 saturated carbocycles. The molecule has 11 rings (SSSR count). The highest BCUT2D eigenvalue weighted by atomic mass is 15.3. The Bertz CT molecular complexity index is 3120. The number of hydrogen-bond donors (Lipinski definition) is 2. The maximum absolute atomic E-state index is 5.38. The van der Waals surface area contributed by atoms with Crippen LogP contribution in [0, 0.1) is 0 Å². The van der Waals surface area contributed by atoms with E-state index in [2.05, 4.69) is 202 Å². The molecule has 8 aromatic carbocycles. The lowest BCUT2D eigenvalue weighted by Crippen LogP contribution is -2.44. The molecule has 0 amide bonds. The molecule has 280 valence electrons. The molecule has 2 atom stereocenters. The quantitative estimate of drug-likeness (QED) is 0.159. The van der Waals surface area contributed by atoms with Gasteiger partial charge in [-0.3, -0.25) is 14.9 Å². The number of fused-ring (bicyclic) bond motifs is 6. The molecular formula is C53H38N6. The highest BCUT2D eigenvalue weighted by Crippen LogP contribution is 2.39. The lowest BCUT2D eigenvalue weighted by atomic mass is 10.00. The van der Waals surface area contributed by atoms with Gasteiger partial charge < -0.3 is 5.32 Å². The number of rotatable bonds is 7. The van der Waals surface area contributed by atoms with Crippen LogP contribution in [0.15, 0.2) is 212 Å². The third kappa shape index (κ3) is 6.33. The second kappa shape index (κ2) is 14.7. The van der Waals surface area contributed by atoms with Crippen molar-refractivity contribution in [3.63, 3.8) is 0 Å². The van der Waals surface area contributed by atoms with Gasteiger partial charge >= 0.3 is 0 Å². The second-order valence-electron chi connectivity index (χ2n) is 14.9. The Kier molecular flexibility index (Phi) is 8.60. The van der Waals surface area contributed by atoms with Crippen molar-refractivity contribution in [1.82, 2.24) is 25.2 Å². The molecule has 2 aromatic heterocycles. The number of amidine groups is 1. The summed E-state index contributed by atoms with van der Waals surface area (Å²) >= 11 is 0. The predicted octanol–water partition coefficient (Wildman–Crippen LogP) is 12.1. The molecule has 6 heteroatoms. The minimum atomic E-state index is -0.203. The summed E-state index contributed by atoms with van der Waals surface area (Å²) in [5.41, 5.74) is 12.1. The first-order valence-corrected chi connectivity index (χ1v) is 20.0. The first kappa shape index (κ1) is 34.6. The number of hydrogen-bond acceptors (Lipinski definition) is 5. The Morgan fingerprint density at radius 3 is 1.68 bits per heavy atom. The molecule has 1 aliphatic heterocycles. The van der Waals surface area contributed by atoms with E-state index >= 15 is 0 Å². The van der Waals surface area contributed by atoms with Crippen molar-refractivity contribution in [2.45, 2.75) is 12.3 Å². The van der Waals surface area contributed by atoms with Crippen LogP contribution in [0.4, 0.5) is 0 Å². The van der Waals surface area contributed by atoms with Gasteiger partial charge in [0.05, 0.1) is 11.0 Å². The van der Waals surface area contributed by atoms with Crippen molar-refractivity contribution in [1.29, 1.82) is 0 Å². The van der Waals surface area contributed by atoms with E-state index in [4.69, 9.17) is 9.98 Å². The summed E-state index contributed by atoms with van der Waals surface area (Å²) in [6.45, 7) is 0. The van der Waals surface area contributed by atoms with Crippen LogP contribution < -0.4 is 10.6 Å². The lowest BCUT2D eigenvalue weighted by Gasteiger charge is -2.32. The van der Waals surface area contributed by atoms with E-state index in [9.17, 15) is 0 Å². The van der Waals surface area contributed by atoms with Crippen LogP contribution >= 0.6 is 0 Å². The molecule has 0 saturated heterocycles. The Morgan fingerprint density at radius 1 is 0.441 bits per heavy atom. The van der Waals surface area contributed by atoms with Gasteiger partial charge in [-0.15, -0.1) is 0 Å². The van der Waals surface area contributed by atoms with Crippen LogP contribution in [0.1, 0.15) is 29.0 Å². The number of benzene rings is 8. The van der Waals surface area contributed by atoms with Crippen LogP contribution in [0.25, 0.3) is 71.9 Å². The van der Waals surface area contributed by atoms with E-state index in [1.807, 2.05) is 24.5 Å². The first-order valence-electron chi connectivity index (χ1n) is 20.0. The average Bonchev–Trinajstić information content (AvgIpc) is 3.74. The largest absolute Gasteiger partial charge is 0.350 e. The summed E-state index contributed by atoms with van der Waals surface area (Å²) in [7, 11) is 0. The fourth-order valence-electron chi connectivity index (χ4n) is 8.44. The van der Waals surface area contributed by atoms with Crippen molar-refractivity contribution in [3.8, 4) is 39.3 Å². The second-order valence-corrected chi connectivity index (χ2v) is 14.9. The van der Waals surface area contributed by atoms with Gasteiger partial charge in [0.1, 0.15) is 24.0 Å². The number of para-hydroxylation sites is 1. The summed E-state index contributed by atoms with van der Waals surface area (Å²) in [6.07, 6.45) is 3.46. The van der Waals surface area contributed by atoms with E-state index in [1.165, 1.54) is 16.5 Å². The molecule has 0 fully saturated rings. The average molecular weight is 759 g/mol. The summed E-state index contributed by atoms with van der Waals surface area (Å²) in [5.74, 6) is 1.75. The van der Waals surface area contributed by atoms with E-state index < -0.39 is 0 Å². The topological polar surface area (TPSA) is 67.1 Å². The van der Waals surface area contributed by atoms with Crippen molar-refractivity contribution >= 4 is 38.4 Å². The van der Waals surface area contributed by atoms with Crippen molar-refractivity contribution in [2.75, 3.05) is 0 Å². The Labute approximate surface area is 342 Å². The summed E-state index contributed by atoms with van der Waals surface area (Å²) in [5, 5.41) is 12.0.